The van der Waals surface area contributed by atoms with E-state index in [4.69, 9.17) is 4.74 Å². The fourth-order valence-electron chi connectivity index (χ4n) is 3.73. The molecule has 0 radical (unpaired) electrons. The van der Waals surface area contributed by atoms with Gasteiger partial charge in [-0.25, -0.2) is 13.2 Å². The number of halogens is 4. The average Bonchev–Trinajstić information content (AvgIpc) is 2.99. The number of anilines is 1. The Balaban J connectivity index is 1.68. The maximum absolute atomic E-state index is 14.0. The largest absolute Gasteiger partial charge is 0.389 e. The zero-order valence-corrected chi connectivity index (χ0v) is 17.8. The number of methoxy groups -OCH3 is 1. The van der Waals surface area contributed by atoms with Gasteiger partial charge in [-0.3, -0.25) is 0 Å². The van der Waals surface area contributed by atoms with Crippen molar-refractivity contribution in [3.05, 3.63) is 28.0 Å². The van der Waals surface area contributed by atoms with Crippen LogP contribution in [-0.4, -0.2) is 66.5 Å². The van der Waals surface area contributed by atoms with E-state index >= 15 is 0 Å². The molecule has 9 heteroatoms. The van der Waals surface area contributed by atoms with Crippen LogP contribution in [0.25, 0.3) is 10.9 Å². The Hall–Kier alpha value is -1.04. The summed E-state index contributed by atoms with van der Waals surface area (Å²) in [5.41, 5.74) is 1.29. The highest BCUT2D eigenvalue weighted by Gasteiger charge is 2.26. The normalized spacial score (nSPS) is 18.7. The van der Waals surface area contributed by atoms with E-state index in [9.17, 15) is 18.3 Å². The lowest BCUT2D eigenvalue weighted by Gasteiger charge is -2.34. The number of hydrogen-bond acceptors (Lipinski definition) is 4. The second-order valence-corrected chi connectivity index (χ2v) is 8.22. The van der Waals surface area contributed by atoms with Crippen LogP contribution in [0.4, 0.5) is 18.9 Å². The van der Waals surface area contributed by atoms with E-state index in [-0.39, 0.29) is 6.04 Å². The second kappa shape index (κ2) is 9.64. The van der Waals surface area contributed by atoms with Gasteiger partial charge in [-0.1, -0.05) is 6.07 Å². The van der Waals surface area contributed by atoms with Gasteiger partial charge in [0.2, 0.25) is 6.30 Å². The number of aliphatic hydroxyl groups is 1. The lowest BCUT2D eigenvalue weighted by atomic mass is 10.0. The van der Waals surface area contributed by atoms with Gasteiger partial charge in [-0.05, 0) is 53.6 Å². The summed E-state index contributed by atoms with van der Waals surface area (Å²) in [6.45, 7) is 2.61. The third kappa shape index (κ3) is 4.92. The molecule has 2 unspecified atom stereocenters. The van der Waals surface area contributed by atoms with E-state index in [0.717, 1.165) is 41.6 Å². The first kappa shape index (κ1) is 21.7. The first-order valence-electron chi connectivity index (χ1n) is 9.28. The van der Waals surface area contributed by atoms with Gasteiger partial charge >= 0.3 is 0 Å². The molecule has 2 N–H and O–H groups in total. The molecule has 1 aromatic heterocycles. The van der Waals surface area contributed by atoms with E-state index < -0.39 is 18.8 Å². The molecule has 2 aromatic rings. The molecule has 0 bridgehead atoms. The first-order chi connectivity index (χ1) is 13.4. The van der Waals surface area contributed by atoms with Crippen molar-refractivity contribution in [3.63, 3.8) is 0 Å². The fourth-order valence-corrected chi connectivity index (χ4v) is 4.57. The molecular weight excluding hydrogens is 486 g/mol. The smallest absolute Gasteiger partial charge is 0.288 e. The highest BCUT2D eigenvalue weighted by atomic mass is 127. The highest BCUT2D eigenvalue weighted by Crippen LogP contribution is 2.34. The molecule has 2 atom stereocenters. The summed E-state index contributed by atoms with van der Waals surface area (Å²) in [5.74, 6) is 0. The quantitative estimate of drug-likeness (QED) is 0.529. The number of benzene rings is 1. The van der Waals surface area contributed by atoms with E-state index in [1.807, 2.05) is 28.7 Å². The number of piperidine rings is 1. The maximum Gasteiger partial charge on any atom is 0.288 e. The Morgan fingerprint density at radius 1 is 1.29 bits per heavy atom. The highest BCUT2D eigenvalue weighted by molar-refractivity contribution is 14.1. The zero-order valence-electron chi connectivity index (χ0n) is 15.6. The number of nitrogens with one attached hydrogen (secondary N) is 1. The van der Waals surface area contributed by atoms with Crippen LogP contribution in [0.3, 0.4) is 0 Å². The summed E-state index contributed by atoms with van der Waals surface area (Å²) >= 11 is 1.89. The molecule has 0 aliphatic carbocycles. The molecular formula is C19H25F3IN3O2. The van der Waals surface area contributed by atoms with Gasteiger partial charge in [0, 0.05) is 43.9 Å². The van der Waals surface area contributed by atoms with Gasteiger partial charge < -0.3 is 24.6 Å². The molecule has 5 nitrogen and oxygen atoms in total. The molecule has 28 heavy (non-hydrogen) atoms. The Morgan fingerprint density at radius 2 is 2.00 bits per heavy atom. The molecule has 1 aliphatic heterocycles. The standard InChI is InChI=1S/C19H25F3IN3O2/c1-28-11-13(27)10-25-7-5-12(6-8-25)24-15-3-2-4-16-14(15)9-17(23)26(16)19(22)18(20)21/h2-4,9,12-13,18-19,24,27H,5-8,10-11H2,1H3. The monoisotopic (exact) mass is 511 g/mol. The van der Waals surface area contributed by atoms with E-state index in [1.54, 1.807) is 25.3 Å². The van der Waals surface area contributed by atoms with Crippen LogP contribution < -0.4 is 5.32 Å². The first-order valence-corrected chi connectivity index (χ1v) is 10.4. The van der Waals surface area contributed by atoms with Gasteiger partial charge in [0.25, 0.3) is 6.43 Å². The van der Waals surface area contributed by atoms with Crippen molar-refractivity contribution in [2.75, 3.05) is 38.7 Å². The summed E-state index contributed by atoms with van der Waals surface area (Å²) < 4.78 is 46.3. The molecule has 1 fully saturated rings. The van der Waals surface area contributed by atoms with Crippen molar-refractivity contribution in [1.82, 2.24) is 9.47 Å². The Labute approximate surface area is 176 Å². The van der Waals surface area contributed by atoms with E-state index in [2.05, 4.69) is 10.2 Å². The van der Waals surface area contributed by atoms with Crippen LogP contribution in [-0.2, 0) is 4.74 Å². The molecule has 1 aromatic carbocycles. The number of alkyl halides is 3. The SMILES string of the molecule is COCC(O)CN1CCC(Nc2cccc3c2cc(I)n3C(F)C(F)F)CC1. The third-order valence-corrected chi connectivity index (χ3v) is 5.90. The van der Waals surface area contributed by atoms with Crippen LogP contribution in [0.5, 0.6) is 0 Å². The number of rotatable bonds is 8. The van der Waals surface area contributed by atoms with Gasteiger partial charge in [0.15, 0.2) is 0 Å². The molecule has 0 spiro atoms. The molecule has 156 valence electrons. The predicted molar refractivity (Wildman–Crippen MR) is 112 cm³/mol. The number of aliphatic hydroxyl groups excluding tert-OH is 1. The Kier molecular flexibility index (Phi) is 7.46. The minimum Gasteiger partial charge on any atom is -0.389 e. The fraction of sp³-hybridized carbons (Fsp3) is 0.579. The van der Waals surface area contributed by atoms with Crippen LogP contribution in [0.1, 0.15) is 19.1 Å². The van der Waals surface area contributed by atoms with Crippen molar-refractivity contribution in [1.29, 1.82) is 0 Å². The lowest BCUT2D eigenvalue weighted by molar-refractivity contribution is 0.00930. The van der Waals surface area contributed by atoms with Crippen molar-refractivity contribution < 1.29 is 23.0 Å². The number of aromatic nitrogens is 1. The van der Waals surface area contributed by atoms with Crippen molar-refractivity contribution >= 4 is 39.2 Å². The number of β-amino-alcohol motifs (C(OH)–C–C–N with tert-alkyl or cyclic N) is 1. The number of likely N-dealkylation sites (tertiary alicyclic amines) is 1. The number of fused-ring (bicyclic) bond motifs is 1. The summed E-state index contributed by atoms with van der Waals surface area (Å²) in [6, 6.07) is 7.29. The maximum atomic E-state index is 14.0. The van der Waals surface area contributed by atoms with Gasteiger partial charge in [0.05, 0.1) is 21.9 Å². The number of nitrogens with zero attached hydrogens (tertiary/aromatic N) is 2. The number of ether oxygens (including phenoxy) is 1. The topological polar surface area (TPSA) is 49.7 Å². The van der Waals surface area contributed by atoms with Gasteiger partial charge in [-0.15, -0.1) is 0 Å². The van der Waals surface area contributed by atoms with Crippen molar-refractivity contribution in [3.8, 4) is 0 Å². The number of hydrogen-bond donors (Lipinski definition) is 2. The zero-order chi connectivity index (χ0) is 20.3. The molecule has 2 heterocycles. The van der Waals surface area contributed by atoms with Crippen LogP contribution in [0, 0.1) is 3.70 Å². The minimum absolute atomic E-state index is 0.235. The van der Waals surface area contributed by atoms with Crippen molar-refractivity contribution in [2.45, 2.75) is 37.7 Å². The Bertz CT molecular complexity index is 781. The lowest BCUT2D eigenvalue weighted by Crippen LogP contribution is -2.43. The summed E-state index contributed by atoms with van der Waals surface area (Å²) in [6.07, 6.45) is -4.12. The molecule has 1 saturated heterocycles. The molecule has 0 amide bonds. The predicted octanol–water partition coefficient (Wildman–Crippen LogP) is 3.86. The Morgan fingerprint density at radius 3 is 2.64 bits per heavy atom. The molecule has 3 rings (SSSR count). The van der Waals surface area contributed by atoms with E-state index in [1.165, 1.54) is 0 Å². The summed E-state index contributed by atoms with van der Waals surface area (Å²) in [7, 11) is 1.57. The van der Waals surface area contributed by atoms with Crippen LogP contribution in [0.15, 0.2) is 24.3 Å². The van der Waals surface area contributed by atoms with Gasteiger partial charge in [-0.2, -0.15) is 0 Å². The van der Waals surface area contributed by atoms with E-state index in [0.29, 0.717) is 22.4 Å². The molecule has 0 saturated carbocycles. The average molecular weight is 511 g/mol. The minimum atomic E-state index is -3.07. The second-order valence-electron chi connectivity index (χ2n) is 7.11. The third-order valence-electron chi connectivity index (χ3n) is 5.07. The summed E-state index contributed by atoms with van der Waals surface area (Å²) in [4.78, 5) is 2.21. The molecule has 1 aliphatic rings. The van der Waals surface area contributed by atoms with Gasteiger partial charge in [0.1, 0.15) is 0 Å². The van der Waals surface area contributed by atoms with Crippen LogP contribution in [0.2, 0.25) is 0 Å². The summed E-state index contributed by atoms with van der Waals surface area (Å²) in [5, 5.41) is 14.1. The van der Waals surface area contributed by atoms with Crippen LogP contribution >= 0.6 is 22.6 Å². The van der Waals surface area contributed by atoms with Crippen molar-refractivity contribution in [2.24, 2.45) is 0 Å².